The zero-order chi connectivity index (χ0) is 11.9. The summed E-state index contributed by atoms with van der Waals surface area (Å²) in [6, 6.07) is 0. The number of allylic oxidation sites excluding steroid dienone is 1. The molecule has 0 N–H and O–H groups in total. The van der Waals surface area contributed by atoms with Gasteiger partial charge in [-0.3, -0.25) is 4.99 Å². The van der Waals surface area contributed by atoms with Crippen molar-refractivity contribution in [1.82, 2.24) is 9.80 Å². The number of piperazine rings is 1. The number of rotatable bonds is 1. The van der Waals surface area contributed by atoms with Gasteiger partial charge in [0.25, 0.3) is 0 Å². The minimum Gasteiger partial charge on any atom is -0.349 e. The van der Waals surface area contributed by atoms with Gasteiger partial charge in [-0.05, 0) is 7.05 Å². The number of likely N-dealkylation sites (N-methyl/N-ethyl adjacent to an activating group) is 1. The third-order valence-corrected chi connectivity index (χ3v) is 3.70. The van der Waals surface area contributed by atoms with Crippen molar-refractivity contribution in [3.63, 3.8) is 0 Å². The summed E-state index contributed by atoms with van der Waals surface area (Å²) in [7, 11) is 2.14. The van der Waals surface area contributed by atoms with Crippen molar-refractivity contribution in [3.05, 3.63) is 23.9 Å². The minimum atomic E-state index is 0.116. The smallest absolute Gasteiger partial charge is 0.223 e. The average Bonchev–Trinajstić information content (AvgIpc) is 2.68. The van der Waals surface area contributed by atoms with E-state index in [-0.39, 0.29) is 4.00 Å². The van der Waals surface area contributed by atoms with Crippen LogP contribution in [0.25, 0.3) is 0 Å². The summed E-state index contributed by atoms with van der Waals surface area (Å²) < 4.78 is 0.116. The van der Waals surface area contributed by atoms with Gasteiger partial charge in [-0.2, -0.15) is 4.99 Å². The Morgan fingerprint density at radius 2 is 2.06 bits per heavy atom. The lowest BCUT2D eigenvalue weighted by atomic mass is 10.3. The molecular weight excluding hydrogens is 238 g/mol. The highest BCUT2D eigenvalue weighted by atomic mass is 35.5. The molecule has 1 atom stereocenters. The summed E-state index contributed by atoms with van der Waals surface area (Å²) in [5.74, 6) is 0.959. The Morgan fingerprint density at radius 3 is 2.82 bits per heavy atom. The molecule has 5 nitrogen and oxygen atoms in total. The molecular formula is C11H15ClN5+. The Kier molecular flexibility index (Phi) is 2.54. The van der Waals surface area contributed by atoms with Crippen molar-refractivity contribution in [1.29, 1.82) is 0 Å². The predicted octanol–water partition coefficient (Wildman–Crippen LogP) is 0.971. The molecule has 17 heavy (non-hydrogen) atoms. The van der Waals surface area contributed by atoms with Gasteiger partial charge in [0.05, 0.1) is 12.4 Å². The van der Waals surface area contributed by atoms with Crippen LogP contribution in [0.1, 0.15) is 0 Å². The van der Waals surface area contributed by atoms with Crippen LogP contribution in [0.2, 0.25) is 0 Å². The molecule has 0 spiro atoms. The van der Waals surface area contributed by atoms with E-state index in [1.54, 1.807) is 18.8 Å². The molecule has 6 heteroatoms. The first-order valence-electron chi connectivity index (χ1n) is 5.71. The zero-order valence-electron chi connectivity index (χ0n) is 9.75. The van der Waals surface area contributed by atoms with Crippen LogP contribution in [0.15, 0.2) is 33.9 Å². The summed E-state index contributed by atoms with van der Waals surface area (Å²) in [6.07, 6.45) is 7.07. The molecule has 0 amide bonds. The van der Waals surface area contributed by atoms with Crippen LogP contribution in [0, 0.1) is 0 Å². The Balaban J connectivity index is 1.89. The Morgan fingerprint density at radius 1 is 1.29 bits per heavy atom. The number of aliphatic imine (C=N–C) groups is 2. The van der Waals surface area contributed by atoms with Crippen LogP contribution < -0.4 is 0 Å². The van der Waals surface area contributed by atoms with Gasteiger partial charge < -0.3 is 9.80 Å². The first kappa shape index (κ1) is 11.0. The number of halogens is 1. The van der Waals surface area contributed by atoms with Gasteiger partial charge in [0.15, 0.2) is 17.6 Å². The predicted molar refractivity (Wildman–Crippen MR) is 68.3 cm³/mol. The van der Waals surface area contributed by atoms with E-state index in [1.807, 2.05) is 6.20 Å². The number of hydrogen-bond donors (Lipinski definition) is 0. The van der Waals surface area contributed by atoms with E-state index in [2.05, 4.69) is 26.8 Å². The molecule has 3 aliphatic rings. The van der Waals surface area contributed by atoms with Crippen molar-refractivity contribution in [2.45, 2.75) is 0 Å². The van der Waals surface area contributed by atoms with Gasteiger partial charge in [0, 0.05) is 26.2 Å². The SMILES string of the molecule is CN1CCN(C2=C3C=NC=C[N+]3(Cl)C=N2)CC1. The standard InChI is InChI=1S/C11H15ClN5/c1-15-3-5-16(6-4-15)11-10-8-13-2-7-17(10,12)9-14-11/h2,7-9H,3-6H2,1H3/q+1. The number of quaternary nitrogens is 1. The van der Waals surface area contributed by atoms with E-state index in [1.165, 1.54) is 0 Å². The van der Waals surface area contributed by atoms with Crippen molar-refractivity contribution in [3.8, 4) is 0 Å². The second-order valence-electron chi connectivity index (χ2n) is 4.51. The van der Waals surface area contributed by atoms with Gasteiger partial charge in [0.2, 0.25) is 12.0 Å². The first-order chi connectivity index (χ1) is 8.19. The highest BCUT2D eigenvalue weighted by Crippen LogP contribution is 2.32. The monoisotopic (exact) mass is 252 g/mol. The molecule has 3 rings (SSSR count). The number of nitrogens with zero attached hydrogens (tertiary/aromatic N) is 5. The third-order valence-electron chi connectivity index (χ3n) is 3.32. The molecule has 90 valence electrons. The number of hydrogen-bond acceptors (Lipinski definition) is 4. The summed E-state index contributed by atoms with van der Waals surface area (Å²) in [5.41, 5.74) is 0.943. The Hall–Kier alpha value is -1.17. The molecule has 1 saturated heterocycles. The van der Waals surface area contributed by atoms with Gasteiger partial charge in [-0.25, -0.2) is 0 Å². The third kappa shape index (κ3) is 1.80. The van der Waals surface area contributed by atoms with E-state index >= 15 is 0 Å². The maximum atomic E-state index is 6.43. The molecule has 0 aliphatic carbocycles. The maximum absolute atomic E-state index is 6.43. The van der Waals surface area contributed by atoms with Gasteiger partial charge in [-0.1, -0.05) is 0 Å². The van der Waals surface area contributed by atoms with Crippen molar-refractivity contribution >= 4 is 24.3 Å². The van der Waals surface area contributed by atoms with Crippen LogP contribution in [-0.2, 0) is 0 Å². The molecule has 1 unspecified atom stereocenters. The summed E-state index contributed by atoms with van der Waals surface area (Å²) in [5, 5.41) is 0. The Bertz CT molecular complexity index is 445. The zero-order valence-corrected chi connectivity index (χ0v) is 10.5. The highest BCUT2D eigenvalue weighted by Gasteiger charge is 2.39. The fraction of sp³-hybridized carbons (Fsp3) is 0.455. The van der Waals surface area contributed by atoms with E-state index in [0.29, 0.717) is 0 Å². The second-order valence-corrected chi connectivity index (χ2v) is 5.07. The number of fused-ring (bicyclic) bond motifs is 1. The van der Waals surface area contributed by atoms with E-state index in [0.717, 1.165) is 37.7 Å². The van der Waals surface area contributed by atoms with Crippen LogP contribution in [-0.4, -0.2) is 59.6 Å². The molecule has 0 bridgehead atoms. The minimum absolute atomic E-state index is 0.116. The fourth-order valence-corrected chi connectivity index (χ4v) is 2.41. The fourth-order valence-electron chi connectivity index (χ4n) is 2.20. The molecule has 3 aliphatic heterocycles. The molecule has 0 radical (unpaired) electrons. The molecule has 1 fully saturated rings. The van der Waals surface area contributed by atoms with E-state index < -0.39 is 0 Å². The normalized spacial score (nSPS) is 32.5. The molecule has 0 aromatic rings. The van der Waals surface area contributed by atoms with Crippen molar-refractivity contribution in [2.24, 2.45) is 9.98 Å². The van der Waals surface area contributed by atoms with Crippen LogP contribution in [0.3, 0.4) is 0 Å². The van der Waals surface area contributed by atoms with Crippen LogP contribution >= 0.6 is 11.8 Å². The largest absolute Gasteiger partial charge is 0.349 e. The molecule has 3 heterocycles. The molecule has 0 aromatic carbocycles. The van der Waals surface area contributed by atoms with Crippen molar-refractivity contribution < 1.29 is 4.00 Å². The second kappa shape index (κ2) is 3.94. The molecule has 0 saturated carbocycles. The summed E-state index contributed by atoms with van der Waals surface area (Å²) in [4.78, 5) is 13.2. The first-order valence-corrected chi connectivity index (χ1v) is 6.05. The Labute approximate surface area is 106 Å². The lowest BCUT2D eigenvalue weighted by Gasteiger charge is -2.33. The molecule has 0 aromatic heterocycles. The van der Waals surface area contributed by atoms with E-state index in [9.17, 15) is 0 Å². The highest BCUT2D eigenvalue weighted by molar-refractivity contribution is 6.14. The lowest BCUT2D eigenvalue weighted by Crippen LogP contribution is -2.44. The lowest BCUT2D eigenvalue weighted by molar-refractivity contribution is -0.592. The topological polar surface area (TPSA) is 31.2 Å². The van der Waals surface area contributed by atoms with Gasteiger partial charge in [-0.15, -0.1) is 4.00 Å². The maximum Gasteiger partial charge on any atom is 0.223 e. The van der Waals surface area contributed by atoms with Crippen molar-refractivity contribution in [2.75, 3.05) is 33.2 Å². The quantitative estimate of drug-likeness (QED) is 0.652. The van der Waals surface area contributed by atoms with Crippen LogP contribution in [0.5, 0.6) is 0 Å². The average molecular weight is 253 g/mol. The van der Waals surface area contributed by atoms with E-state index in [4.69, 9.17) is 11.8 Å². The van der Waals surface area contributed by atoms with Gasteiger partial charge in [0.1, 0.15) is 6.20 Å². The summed E-state index contributed by atoms with van der Waals surface area (Å²) in [6.45, 7) is 4.09. The summed E-state index contributed by atoms with van der Waals surface area (Å²) >= 11 is 6.43. The van der Waals surface area contributed by atoms with Crippen LogP contribution in [0.4, 0.5) is 0 Å². The van der Waals surface area contributed by atoms with Gasteiger partial charge >= 0.3 is 0 Å².